The Bertz CT molecular complexity index is 377. The van der Waals surface area contributed by atoms with E-state index < -0.39 is 0 Å². The van der Waals surface area contributed by atoms with Crippen molar-refractivity contribution in [1.82, 2.24) is 0 Å². The summed E-state index contributed by atoms with van der Waals surface area (Å²) in [6.45, 7) is 0. The Hall–Kier alpha value is 0.360. The Morgan fingerprint density at radius 1 is 1.07 bits per heavy atom. The topological polar surface area (TPSA) is 0 Å². The summed E-state index contributed by atoms with van der Waals surface area (Å²) in [5.74, 6) is 1.14. The van der Waals surface area contributed by atoms with Crippen LogP contribution in [0.2, 0.25) is 0 Å². The molecule has 2 heterocycles. The van der Waals surface area contributed by atoms with Crippen LogP contribution in [0.15, 0.2) is 40.0 Å². The lowest BCUT2D eigenvalue weighted by molar-refractivity contribution is 1.25. The summed E-state index contributed by atoms with van der Waals surface area (Å²) in [5.41, 5.74) is 1.49. The van der Waals surface area contributed by atoms with Gasteiger partial charge in [0.1, 0.15) is 0 Å². The molecular weight excluding hydrogens is 248 g/mol. The van der Waals surface area contributed by atoms with E-state index in [0.717, 1.165) is 5.75 Å². The van der Waals surface area contributed by atoms with Crippen molar-refractivity contribution in [2.45, 2.75) is 13.4 Å². The van der Waals surface area contributed by atoms with Crippen molar-refractivity contribution in [1.29, 1.82) is 0 Å². The molecule has 1 spiro atoms. The van der Waals surface area contributed by atoms with Gasteiger partial charge in [-0.15, -0.1) is 11.8 Å². The summed E-state index contributed by atoms with van der Waals surface area (Å²) in [6.07, 6.45) is 0. The summed E-state index contributed by atoms with van der Waals surface area (Å²) in [7, 11) is 0. The predicted octanol–water partition coefficient (Wildman–Crippen LogP) is 4.59. The molecule has 3 rings (SSSR count). The molecule has 0 nitrogen and oxygen atoms in total. The molecule has 0 radical (unpaired) electrons. The number of hydrogen-bond acceptors (Lipinski definition) is 4. The molecule has 0 amide bonds. The maximum atomic E-state index is 2.24. The van der Waals surface area contributed by atoms with E-state index in [1.807, 2.05) is 47.0 Å². The van der Waals surface area contributed by atoms with Gasteiger partial charge in [-0.05, 0) is 22.4 Å². The summed E-state index contributed by atoms with van der Waals surface area (Å²) in [4.78, 5) is 1.45. The van der Waals surface area contributed by atoms with Crippen LogP contribution in [-0.4, -0.2) is 2.74 Å². The Kier molecular flexibility index (Phi) is 2.56. The van der Waals surface area contributed by atoms with Crippen molar-refractivity contribution in [3.63, 3.8) is 0 Å². The van der Waals surface area contributed by atoms with Gasteiger partial charge >= 0.3 is 0 Å². The molecule has 0 N–H and O–H groups in total. The summed E-state index contributed by atoms with van der Waals surface area (Å²) < 4.78 is 0.272. The number of benzene rings is 1. The van der Waals surface area contributed by atoms with E-state index in [4.69, 9.17) is 0 Å². The molecule has 0 bridgehead atoms. The van der Waals surface area contributed by atoms with E-state index in [2.05, 4.69) is 35.1 Å². The third kappa shape index (κ3) is 1.62. The minimum atomic E-state index is 0.272. The normalized spacial score (nSPS) is 22.6. The van der Waals surface area contributed by atoms with Crippen LogP contribution in [0.25, 0.3) is 0 Å². The van der Waals surface area contributed by atoms with Gasteiger partial charge in [0.05, 0.1) is 0 Å². The molecule has 0 aromatic heterocycles. The number of thioether (sulfide) groups is 4. The standard InChI is InChI=1S/C10H8S4/c1-2-4-9-8(3-1)7-13-10(14-9)11-5-6-12-10/h1-6H,7H2. The molecule has 0 aliphatic carbocycles. The zero-order chi connectivity index (χ0) is 9.43. The predicted molar refractivity (Wildman–Crippen MR) is 70.6 cm³/mol. The van der Waals surface area contributed by atoms with Crippen LogP contribution in [0.3, 0.4) is 0 Å². The zero-order valence-corrected chi connectivity index (χ0v) is 10.6. The van der Waals surface area contributed by atoms with Crippen molar-refractivity contribution < 1.29 is 0 Å². The molecule has 14 heavy (non-hydrogen) atoms. The molecule has 0 atom stereocenters. The van der Waals surface area contributed by atoms with Crippen LogP contribution in [0, 0.1) is 0 Å². The van der Waals surface area contributed by atoms with Crippen LogP contribution in [-0.2, 0) is 5.75 Å². The van der Waals surface area contributed by atoms with Crippen molar-refractivity contribution in [2.24, 2.45) is 0 Å². The minimum absolute atomic E-state index is 0.272. The van der Waals surface area contributed by atoms with Crippen molar-refractivity contribution in [3.8, 4) is 0 Å². The lowest BCUT2D eigenvalue weighted by Gasteiger charge is -2.31. The molecule has 4 heteroatoms. The van der Waals surface area contributed by atoms with Crippen LogP contribution < -0.4 is 0 Å². The molecule has 1 aromatic rings. The number of hydrogen-bond donors (Lipinski definition) is 0. The number of fused-ring (bicyclic) bond motifs is 1. The highest BCUT2D eigenvalue weighted by molar-refractivity contribution is 8.50. The van der Waals surface area contributed by atoms with Gasteiger partial charge in [-0.3, -0.25) is 0 Å². The van der Waals surface area contributed by atoms with Crippen LogP contribution in [0.4, 0.5) is 0 Å². The highest BCUT2D eigenvalue weighted by Gasteiger charge is 2.38. The maximum Gasteiger partial charge on any atom is 0.166 e. The Balaban J connectivity index is 1.93. The highest BCUT2D eigenvalue weighted by Crippen LogP contribution is 2.65. The number of rotatable bonds is 0. The van der Waals surface area contributed by atoms with E-state index in [1.54, 1.807) is 0 Å². The van der Waals surface area contributed by atoms with E-state index in [0.29, 0.717) is 0 Å². The second-order valence-electron chi connectivity index (χ2n) is 3.01. The molecule has 0 unspecified atom stereocenters. The smallest absolute Gasteiger partial charge is 0.117 e. The van der Waals surface area contributed by atoms with Crippen LogP contribution in [0.1, 0.15) is 5.56 Å². The molecule has 0 fully saturated rings. The van der Waals surface area contributed by atoms with Crippen molar-refractivity contribution in [2.75, 3.05) is 0 Å². The Morgan fingerprint density at radius 3 is 2.71 bits per heavy atom. The first kappa shape index (κ1) is 9.58. The third-order valence-corrected chi connectivity index (χ3v) is 8.61. The van der Waals surface area contributed by atoms with E-state index in [1.165, 1.54) is 10.5 Å². The SMILES string of the molecule is C1=CSC2(S1)SCc1ccccc1S2. The van der Waals surface area contributed by atoms with Gasteiger partial charge < -0.3 is 0 Å². The fraction of sp³-hybridized carbons (Fsp3) is 0.200. The van der Waals surface area contributed by atoms with Gasteiger partial charge in [-0.25, -0.2) is 0 Å². The second-order valence-corrected chi connectivity index (χ2v) is 9.24. The second kappa shape index (κ2) is 3.74. The molecule has 0 saturated heterocycles. The average molecular weight is 256 g/mol. The van der Waals surface area contributed by atoms with Crippen molar-refractivity contribution in [3.05, 3.63) is 40.6 Å². The Morgan fingerprint density at radius 2 is 1.86 bits per heavy atom. The Labute approximate surface area is 101 Å². The zero-order valence-electron chi connectivity index (χ0n) is 7.30. The van der Waals surface area contributed by atoms with Gasteiger partial charge in [0.2, 0.25) is 0 Å². The van der Waals surface area contributed by atoms with Crippen molar-refractivity contribution >= 4 is 47.0 Å². The monoisotopic (exact) mass is 256 g/mol. The fourth-order valence-corrected chi connectivity index (χ4v) is 7.28. The molecular formula is C10H8S4. The van der Waals surface area contributed by atoms with E-state index in [-0.39, 0.29) is 2.74 Å². The quantitative estimate of drug-likeness (QED) is 0.665. The third-order valence-electron chi connectivity index (χ3n) is 2.09. The first-order chi connectivity index (χ1) is 6.88. The van der Waals surface area contributed by atoms with Crippen LogP contribution >= 0.6 is 47.0 Å². The summed E-state index contributed by atoms with van der Waals surface area (Å²) in [5, 5.41) is 4.41. The largest absolute Gasteiger partial charge is 0.166 e. The molecule has 72 valence electrons. The molecule has 1 aromatic carbocycles. The molecule has 2 aliphatic rings. The van der Waals surface area contributed by atoms with Gasteiger partial charge in [-0.1, -0.05) is 53.5 Å². The first-order valence-corrected chi connectivity index (χ1v) is 7.86. The van der Waals surface area contributed by atoms with E-state index in [9.17, 15) is 0 Å². The van der Waals surface area contributed by atoms with Gasteiger partial charge in [0.15, 0.2) is 2.74 Å². The summed E-state index contributed by atoms with van der Waals surface area (Å²) >= 11 is 7.91. The van der Waals surface area contributed by atoms with Gasteiger partial charge in [0.25, 0.3) is 0 Å². The lowest BCUT2D eigenvalue weighted by atomic mass is 10.2. The van der Waals surface area contributed by atoms with Gasteiger partial charge in [0, 0.05) is 10.6 Å². The molecule has 2 aliphatic heterocycles. The first-order valence-electron chi connectivity index (χ1n) is 4.29. The van der Waals surface area contributed by atoms with E-state index >= 15 is 0 Å². The lowest BCUT2D eigenvalue weighted by Crippen LogP contribution is -2.11. The summed E-state index contributed by atoms with van der Waals surface area (Å²) in [6, 6.07) is 8.74. The minimum Gasteiger partial charge on any atom is -0.117 e. The molecule has 0 saturated carbocycles. The van der Waals surface area contributed by atoms with Crippen LogP contribution in [0.5, 0.6) is 0 Å². The highest BCUT2D eigenvalue weighted by atomic mass is 32.3. The fourth-order valence-electron chi connectivity index (χ4n) is 1.42. The van der Waals surface area contributed by atoms with Gasteiger partial charge in [-0.2, -0.15) is 0 Å². The average Bonchev–Trinajstić information content (AvgIpc) is 2.66. The maximum absolute atomic E-state index is 2.24.